The predicted octanol–water partition coefficient (Wildman–Crippen LogP) is 2.90. The van der Waals surface area contributed by atoms with Gasteiger partial charge in [0.15, 0.2) is 0 Å². The number of hydrogen-bond donors (Lipinski definition) is 2. The molecule has 6 heteroatoms. The maximum absolute atomic E-state index is 12.6. The average molecular weight is 391 g/mol. The maximum atomic E-state index is 12.6. The second-order valence-corrected chi connectivity index (χ2v) is 6.90. The average Bonchev–Trinajstić information content (AvgIpc) is 3.05. The molecular formula is C18H19BrN2O3. The third-order valence-electron chi connectivity index (χ3n) is 4.49. The summed E-state index contributed by atoms with van der Waals surface area (Å²) in [5, 5.41) is 5.50. The largest absolute Gasteiger partial charge is 0.467 e. The van der Waals surface area contributed by atoms with Gasteiger partial charge in [-0.05, 0) is 42.7 Å². The minimum atomic E-state index is -0.498. The lowest BCUT2D eigenvalue weighted by Crippen LogP contribution is -2.51. The molecule has 1 aliphatic carbocycles. The summed E-state index contributed by atoms with van der Waals surface area (Å²) < 4.78 is 6.14. The number of carbonyl (C=O) groups excluding carboxylic acids is 2. The first-order valence-electron chi connectivity index (χ1n) is 7.94. The molecule has 3 rings (SSSR count). The van der Waals surface area contributed by atoms with Crippen LogP contribution in [0.3, 0.4) is 0 Å². The number of furan rings is 1. The first-order chi connectivity index (χ1) is 11.6. The minimum absolute atomic E-state index is 0.0299. The van der Waals surface area contributed by atoms with Crippen LogP contribution in [0.25, 0.3) is 0 Å². The van der Waals surface area contributed by atoms with Crippen LogP contribution in [0.1, 0.15) is 30.6 Å². The summed E-state index contributed by atoms with van der Waals surface area (Å²) in [5.74, 6) is 0.370. The van der Waals surface area contributed by atoms with Crippen LogP contribution in [0.4, 0.5) is 0 Å². The highest BCUT2D eigenvalue weighted by Gasteiger charge is 2.45. The fourth-order valence-electron chi connectivity index (χ4n) is 2.94. The zero-order valence-corrected chi connectivity index (χ0v) is 14.8. The van der Waals surface area contributed by atoms with Gasteiger partial charge in [0.05, 0.1) is 24.8 Å². The Hall–Kier alpha value is -2.08. The van der Waals surface area contributed by atoms with Gasteiger partial charge in [0.1, 0.15) is 5.76 Å². The molecule has 1 saturated carbocycles. The van der Waals surface area contributed by atoms with E-state index in [1.165, 1.54) is 0 Å². The van der Waals surface area contributed by atoms with E-state index in [9.17, 15) is 9.59 Å². The quantitative estimate of drug-likeness (QED) is 0.796. The summed E-state index contributed by atoms with van der Waals surface area (Å²) in [6.07, 6.45) is 4.21. The zero-order chi connectivity index (χ0) is 17.0. The molecule has 1 aromatic heterocycles. The molecule has 0 aliphatic heterocycles. The lowest BCUT2D eigenvalue weighted by molar-refractivity contribution is -0.132. The molecule has 1 heterocycles. The molecule has 0 saturated heterocycles. The first kappa shape index (κ1) is 16.8. The normalized spacial score (nSPS) is 15.4. The molecule has 0 atom stereocenters. The van der Waals surface area contributed by atoms with Crippen molar-refractivity contribution in [2.45, 2.75) is 31.2 Å². The minimum Gasteiger partial charge on any atom is -0.467 e. The van der Waals surface area contributed by atoms with Crippen molar-refractivity contribution in [1.29, 1.82) is 0 Å². The molecule has 2 N–H and O–H groups in total. The van der Waals surface area contributed by atoms with E-state index >= 15 is 0 Å². The maximum Gasteiger partial charge on any atom is 0.239 e. The molecule has 0 unspecified atom stereocenters. The number of amides is 2. The van der Waals surface area contributed by atoms with E-state index in [1.807, 2.05) is 24.3 Å². The van der Waals surface area contributed by atoms with Crippen LogP contribution < -0.4 is 10.6 Å². The first-order valence-corrected chi connectivity index (χ1v) is 8.73. The van der Waals surface area contributed by atoms with Crippen LogP contribution in [0.2, 0.25) is 0 Å². The fraction of sp³-hybridized carbons (Fsp3) is 0.333. The third kappa shape index (κ3) is 3.53. The van der Waals surface area contributed by atoms with E-state index in [-0.39, 0.29) is 18.4 Å². The van der Waals surface area contributed by atoms with Gasteiger partial charge in [0.25, 0.3) is 0 Å². The van der Waals surface area contributed by atoms with Crippen molar-refractivity contribution in [3.05, 3.63) is 58.5 Å². The highest BCUT2D eigenvalue weighted by Crippen LogP contribution is 2.44. The zero-order valence-electron chi connectivity index (χ0n) is 13.2. The van der Waals surface area contributed by atoms with Crippen molar-refractivity contribution >= 4 is 27.7 Å². The molecule has 1 fully saturated rings. The molecule has 2 aromatic rings. The van der Waals surface area contributed by atoms with Gasteiger partial charge >= 0.3 is 0 Å². The van der Waals surface area contributed by atoms with E-state index in [4.69, 9.17) is 4.42 Å². The summed E-state index contributed by atoms with van der Waals surface area (Å²) in [7, 11) is 0. The Bertz CT molecular complexity index is 706. The number of nitrogens with one attached hydrogen (secondary N) is 2. The lowest BCUT2D eigenvalue weighted by Gasteiger charge is -2.40. The highest BCUT2D eigenvalue weighted by atomic mass is 79.9. The Morgan fingerprint density at radius 2 is 1.88 bits per heavy atom. The van der Waals surface area contributed by atoms with Gasteiger partial charge in [-0.15, -0.1) is 0 Å². The van der Waals surface area contributed by atoms with Crippen molar-refractivity contribution in [2.24, 2.45) is 0 Å². The molecule has 1 aromatic carbocycles. The SMILES string of the molecule is O=C(CNC(=O)C1(c2ccc(Br)cc2)CCC1)NCc1ccco1. The Balaban J connectivity index is 1.55. The molecule has 0 radical (unpaired) electrons. The van der Waals surface area contributed by atoms with Crippen LogP contribution >= 0.6 is 15.9 Å². The van der Waals surface area contributed by atoms with Crippen molar-refractivity contribution in [3.63, 3.8) is 0 Å². The van der Waals surface area contributed by atoms with Gasteiger partial charge in [-0.1, -0.05) is 34.5 Å². The van der Waals surface area contributed by atoms with E-state index in [2.05, 4.69) is 26.6 Å². The van der Waals surface area contributed by atoms with E-state index in [0.29, 0.717) is 12.3 Å². The number of halogens is 1. The second-order valence-electron chi connectivity index (χ2n) is 5.98. The second kappa shape index (κ2) is 7.21. The Labute approximate surface area is 148 Å². The van der Waals surface area contributed by atoms with Crippen LogP contribution in [-0.4, -0.2) is 18.4 Å². The number of rotatable bonds is 6. The summed E-state index contributed by atoms with van der Waals surface area (Å²) in [5.41, 5.74) is 0.507. The van der Waals surface area contributed by atoms with Gasteiger partial charge in [0.2, 0.25) is 11.8 Å². The Kier molecular flexibility index (Phi) is 5.04. The molecule has 5 nitrogen and oxygen atoms in total. The van der Waals surface area contributed by atoms with E-state index < -0.39 is 5.41 Å². The summed E-state index contributed by atoms with van der Waals surface area (Å²) in [6.45, 7) is 0.289. The standard InChI is InChI=1S/C18H19BrN2O3/c19-14-6-4-13(5-7-14)18(8-2-9-18)17(23)21-12-16(22)20-11-15-3-1-10-24-15/h1,3-7,10H,2,8-9,11-12H2,(H,20,22)(H,21,23). The summed E-state index contributed by atoms with van der Waals surface area (Å²) in [6, 6.07) is 11.4. The predicted molar refractivity (Wildman–Crippen MR) is 93.2 cm³/mol. The molecular weight excluding hydrogens is 372 g/mol. The monoisotopic (exact) mass is 390 g/mol. The molecule has 126 valence electrons. The Morgan fingerprint density at radius 3 is 2.46 bits per heavy atom. The molecule has 2 amide bonds. The van der Waals surface area contributed by atoms with Crippen LogP contribution in [0.5, 0.6) is 0 Å². The van der Waals surface area contributed by atoms with Gasteiger partial charge in [-0.2, -0.15) is 0 Å². The highest BCUT2D eigenvalue weighted by molar-refractivity contribution is 9.10. The summed E-state index contributed by atoms with van der Waals surface area (Å²) in [4.78, 5) is 24.5. The Morgan fingerprint density at radius 1 is 1.12 bits per heavy atom. The van der Waals surface area contributed by atoms with Crippen molar-refractivity contribution in [2.75, 3.05) is 6.54 Å². The van der Waals surface area contributed by atoms with Crippen molar-refractivity contribution < 1.29 is 14.0 Å². The van der Waals surface area contributed by atoms with E-state index in [0.717, 1.165) is 29.3 Å². The smallest absolute Gasteiger partial charge is 0.239 e. The van der Waals surface area contributed by atoms with Crippen molar-refractivity contribution in [1.82, 2.24) is 10.6 Å². The van der Waals surface area contributed by atoms with Gasteiger partial charge in [0, 0.05) is 4.47 Å². The topological polar surface area (TPSA) is 71.3 Å². The van der Waals surface area contributed by atoms with E-state index in [1.54, 1.807) is 18.4 Å². The molecule has 0 spiro atoms. The van der Waals surface area contributed by atoms with Gasteiger partial charge < -0.3 is 15.1 Å². The van der Waals surface area contributed by atoms with Crippen molar-refractivity contribution in [3.8, 4) is 0 Å². The summed E-state index contributed by atoms with van der Waals surface area (Å²) >= 11 is 3.41. The molecule has 1 aliphatic rings. The number of hydrogen-bond acceptors (Lipinski definition) is 3. The van der Waals surface area contributed by atoms with Crippen LogP contribution in [0.15, 0.2) is 51.6 Å². The lowest BCUT2D eigenvalue weighted by atomic mass is 9.64. The van der Waals surface area contributed by atoms with Gasteiger partial charge in [-0.25, -0.2) is 0 Å². The molecule has 24 heavy (non-hydrogen) atoms. The van der Waals surface area contributed by atoms with Gasteiger partial charge in [-0.3, -0.25) is 9.59 Å². The molecule has 0 bridgehead atoms. The fourth-order valence-corrected chi connectivity index (χ4v) is 3.20. The van der Waals surface area contributed by atoms with Crippen LogP contribution in [0, 0.1) is 0 Å². The van der Waals surface area contributed by atoms with Crippen LogP contribution in [-0.2, 0) is 21.5 Å². The third-order valence-corrected chi connectivity index (χ3v) is 5.02. The number of carbonyl (C=O) groups is 2. The number of benzene rings is 1.